The van der Waals surface area contributed by atoms with Crippen LogP contribution in [-0.2, 0) is 11.8 Å². The van der Waals surface area contributed by atoms with Gasteiger partial charge in [0, 0.05) is 13.2 Å². The highest BCUT2D eigenvalue weighted by Crippen LogP contribution is 2.08. The number of aryl methyl sites for hydroxylation is 1. The van der Waals surface area contributed by atoms with Crippen LogP contribution in [0, 0.1) is 0 Å². The first-order chi connectivity index (χ1) is 7.66. The summed E-state index contributed by atoms with van der Waals surface area (Å²) in [4.78, 5) is 23.5. The number of ether oxygens (including phenoxy) is 1. The zero-order valence-corrected chi connectivity index (χ0v) is 9.14. The SMILES string of the molecule is CCOC(=O)c1c(=O)n(C)n2ccccc12. The minimum atomic E-state index is -0.572. The number of pyridine rings is 1. The van der Waals surface area contributed by atoms with Crippen LogP contribution in [0.4, 0.5) is 0 Å². The maximum atomic E-state index is 11.8. The molecule has 0 saturated heterocycles. The fourth-order valence-corrected chi connectivity index (χ4v) is 1.66. The molecule has 0 bridgehead atoms. The summed E-state index contributed by atoms with van der Waals surface area (Å²) < 4.78 is 7.86. The van der Waals surface area contributed by atoms with Crippen molar-refractivity contribution in [1.29, 1.82) is 0 Å². The van der Waals surface area contributed by atoms with Gasteiger partial charge in [0.1, 0.15) is 0 Å². The maximum absolute atomic E-state index is 11.8. The Hall–Kier alpha value is -2.04. The summed E-state index contributed by atoms with van der Waals surface area (Å²) in [5.74, 6) is -0.572. The van der Waals surface area contributed by atoms with Gasteiger partial charge >= 0.3 is 5.97 Å². The first kappa shape index (κ1) is 10.5. The maximum Gasteiger partial charge on any atom is 0.346 e. The van der Waals surface area contributed by atoms with Crippen molar-refractivity contribution in [1.82, 2.24) is 9.20 Å². The molecule has 0 aliphatic heterocycles. The molecular weight excluding hydrogens is 208 g/mol. The van der Waals surface area contributed by atoms with Gasteiger partial charge in [0.05, 0.1) is 12.1 Å². The van der Waals surface area contributed by atoms with Gasteiger partial charge in [-0.2, -0.15) is 0 Å². The molecule has 2 heterocycles. The van der Waals surface area contributed by atoms with E-state index in [4.69, 9.17) is 4.74 Å². The predicted octanol–water partition coefficient (Wildman–Crippen LogP) is 0.815. The van der Waals surface area contributed by atoms with E-state index < -0.39 is 5.97 Å². The lowest BCUT2D eigenvalue weighted by atomic mass is 10.2. The van der Waals surface area contributed by atoms with Crippen LogP contribution < -0.4 is 5.56 Å². The molecule has 0 aliphatic rings. The average molecular weight is 220 g/mol. The Morgan fingerprint density at radius 1 is 1.44 bits per heavy atom. The standard InChI is InChI=1S/C11H12N2O3/c1-3-16-11(15)9-8-6-4-5-7-13(8)12(2)10(9)14/h4-7H,3H2,1-2H3. The minimum absolute atomic E-state index is 0.0879. The Morgan fingerprint density at radius 2 is 2.19 bits per heavy atom. The second kappa shape index (κ2) is 3.84. The molecular formula is C11H12N2O3. The summed E-state index contributed by atoms with van der Waals surface area (Å²) in [5, 5.41) is 0. The van der Waals surface area contributed by atoms with Crippen LogP contribution in [0.3, 0.4) is 0 Å². The Bertz CT molecular complexity index is 595. The lowest BCUT2D eigenvalue weighted by Crippen LogP contribution is -2.21. The average Bonchev–Trinajstić information content (AvgIpc) is 2.53. The molecule has 5 nitrogen and oxygen atoms in total. The summed E-state index contributed by atoms with van der Waals surface area (Å²) >= 11 is 0. The third-order valence-electron chi connectivity index (χ3n) is 2.41. The first-order valence-corrected chi connectivity index (χ1v) is 5.00. The van der Waals surface area contributed by atoms with Crippen molar-refractivity contribution < 1.29 is 9.53 Å². The van der Waals surface area contributed by atoms with Crippen LogP contribution in [-0.4, -0.2) is 21.8 Å². The Kier molecular flexibility index (Phi) is 2.52. The largest absolute Gasteiger partial charge is 0.462 e. The second-order valence-electron chi connectivity index (χ2n) is 3.35. The number of hydrogen-bond donors (Lipinski definition) is 0. The van der Waals surface area contributed by atoms with Crippen LogP contribution in [0.15, 0.2) is 29.2 Å². The van der Waals surface area contributed by atoms with Crippen molar-refractivity contribution in [2.45, 2.75) is 6.92 Å². The molecule has 0 aromatic carbocycles. The quantitative estimate of drug-likeness (QED) is 0.704. The van der Waals surface area contributed by atoms with Gasteiger partial charge in [-0.15, -0.1) is 0 Å². The number of aromatic nitrogens is 2. The van der Waals surface area contributed by atoms with E-state index in [-0.39, 0.29) is 17.7 Å². The van der Waals surface area contributed by atoms with E-state index in [1.54, 1.807) is 42.9 Å². The van der Waals surface area contributed by atoms with Crippen LogP contribution >= 0.6 is 0 Å². The van der Waals surface area contributed by atoms with Gasteiger partial charge in [-0.1, -0.05) is 6.07 Å². The zero-order valence-electron chi connectivity index (χ0n) is 9.14. The summed E-state index contributed by atoms with van der Waals surface area (Å²) in [5.41, 5.74) is 0.308. The molecule has 0 amide bonds. The molecule has 2 rings (SSSR count). The molecule has 84 valence electrons. The monoisotopic (exact) mass is 220 g/mol. The van der Waals surface area contributed by atoms with Gasteiger partial charge in [0.25, 0.3) is 5.56 Å². The number of carbonyl (C=O) groups is 1. The molecule has 2 aromatic heterocycles. The number of hydrogen-bond acceptors (Lipinski definition) is 3. The van der Waals surface area contributed by atoms with Crippen molar-refractivity contribution in [3.05, 3.63) is 40.3 Å². The molecule has 0 atom stereocenters. The van der Waals surface area contributed by atoms with E-state index in [2.05, 4.69) is 0 Å². The molecule has 0 spiro atoms. The van der Waals surface area contributed by atoms with Gasteiger partial charge < -0.3 is 4.74 Å². The van der Waals surface area contributed by atoms with Crippen LogP contribution in [0.2, 0.25) is 0 Å². The number of rotatable bonds is 2. The van der Waals surface area contributed by atoms with Gasteiger partial charge in [0.15, 0.2) is 5.56 Å². The third kappa shape index (κ3) is 1.41. The fourth-order valence-electron chi connectivity index (χ4n) is 1.66. The summed E-state index contributed by atoms with van der Waals surface area (Å²) in [6, 6.07) is 5.28. The van der Waals surface area contributed by atoms with Crippen molar-refractivity contribution >= 4 is 11.5 Å². The third-order valence-corrected chi connectivity index (χ3v) is 2.41. The van der Waals surface area contributed by atoms with Gasteiger partial charge in [-0.25, -0.2) is 9.48 Å². The smallest absolute Gasteiger partial charge is 0.346 e. The minimum Gasteiger partial charge on any atom is -0.462 e. The van der Waals surface area contributed by atoms with Crippen molar-refractivity contribution in [3.8, 4) is 0 Å². The molecule has 0 unspecified atom stereocenters. The van der Waals surface area contributed by atoms with E-state index >= 15 is 0 Å². The molecule has 0 aliphatic carbocycles. The highest BCUT2D eigenvalue weighted by molar-refractivity contribution is 5.96. The van der Waals surface area contributed by atoms with Gasteiger partial charge in [0.2, 0.25) is 0 Å². The van der Waals surface area contributed by atoms with E-state index in [1.807, 2.05) is 0 Å². The Labute approximate surface area is 91.8 Å². The summed E-state index contributed by atoms with van der Waals surface area (Å²) in [6.07, 6.45) is 1.72. The molecule has 2 aromatic rings. The van der Waals surface area contributed by atoms with Gasteiger partial charge in [-0.05, 0) is 19.1 Å². The summed E-state index contributed by atoms with van der Waals surface area (Å²) in [6.45, 7) is 1.97. The number of carbonyl (C=O) groups excluding carboxylic acids is 1. The van der Waals surface area contributed by atoms with Crippen molar-refractivity contribution in [2.24, 2.45) is 7.05 Å². The van der Waals surface area contributed by atoms with E-state index in [9.17, 15) is 9.59 Å². The summed E-state index contributed by atoms with van der Waals surface area (Å²) in [7, 11) is 1.61. The van der Waals surface area contributed by atoms with Gasteiger partial charge in [-0.3, -0.25) is 9.31 Å². The number of fused-ring (bicyclic) bond motifs is 1. The Balaban J connectivity index is 2.74. The fraction of sp³-hybridized carbons (Fsp3) is 0.273. The molecule has 16 heavy (non-hydrogen) atoms. The highest BCUT2D eigenvalue weighted by Gasteiger charge is 2.19. The lowest BCUT2D eigenvalue weighted by molar-refractivity contribution is 0.0527. The van der Waals surface area contributed by atoms with Crippen LogP contribution in [0.5, 0.6) is 0 Å². The zero-order chi connectivity index (χ0) is 11.7. The van der Waals surface area contributed by atoms with Crippen molar-refractivity contribution in [3.63, 3.8) is 0 Å². The molecule has 0 fully saturated rings. The van der Waals surface area contributed by atoms with E-state index in [0.29, 0.717) is 5.52 Å². The normalized spacial score (nSPS) is 10.6. The molecule has 0 radical (unpaired) electrons. The number of nitrogens with zero attached hydrogens (tertiary/aromatic N) is 2. The van der Waals surface area contributed by atoms with E-state index in [0.717, 1.165) is 0 Å². The van der Waals surface area contributed by atoms with E-state index in [1.165, 1.54) is 4.68 Å². The van der Waals surface area contributed by atoms with Crippen molar-refractivity contribution in [2.75, 3.05) is 6.61 Å². The molecule has 0 N–H and O–H groups in total. The topological polar surface area (TPSA) is 52.7 Å². The predicted molar refractivity (Wildman–Crippen MR) is 58.6 cm³/mol. The first-order valence-electron chi connectivity index (χ1n) is 5.00. The number of esters is 1. The highest BCUT2D eigenvalue weighted by atomic mass is 16.5. The van der Waals surface area contributed by atoms with Crippen LogP contribution in [0.1, 0.15) is 17.3 Å². The lowest BCUT2D eigenvalue weighted by Gasteiger charge is -1.98. The molecule has 0 saturated carbocycles. The second-order valence-corrected chi connectivity index (χ2v) is 3.35. The Morgan fingerprint density at radius 3 is 2.88 bits per heavy atom. The molecule has 5 heteroatoms. The van der Waals surface area contributed by atoms with Crippen LogP contribution in [0.25, 0.3) is 5.52 Å².